The van der Waals surface area contributed by atoms with Crippen LogP contribution in [0.5, 0.6) is 11.5 Å². The van der Waals surface area contributed by atoms with Crippen molar-refractivity contribution in [1.82, 2.24) is 10.7 Å². The molecule has 0 heterocycles. The lowest BCUT2D eigenvalue weighted by Crippen LogP contribution is -2.31. The van der Waals surface area contributed by atoms with Crippen molar-refractivity contribution < 1.29 is 9.47 Å². The molecule has 0 aliphatic heterocycles. The molecule has 0 aromatic heterocycles. The van der Waals surface area contributed by atoms with Gasteiger partial charge < -0.3 is 14.8 Å². The van der Waals surface area contributed by atoms with Crippen molar-refractivity contribution in [1.29, 1.82) is 0 Å². The molecule has 0 bridgehead atoms. The fraction of sp³-hybridized carbons (Fsp3) is 0.263. The van der Waals surface area contributed by atoms with E-state index in [-0.39, 0.29) is 0 Å². The fourth-order valence-electron chi connectivity index (χ4n) is 2.14. The first-order chi connectivity index (χ1) is 12.2. The average Bonchev–Trinajstić information content (AvgIpc) is 2.63. The van der Waals surface area contributed by atoms with Crippen molar-refractivity contribution >= 4 is 23.5 Å². The summed E-state index contributed by atoms with van der Waals surface area (Å²) in [5.74, 6) is 1.50. The van der Waals surface area contributed by atoms with Gasteiger partial charge in [-0.2, -0.15) is 5.10 Å². The maximum Gasteiger partial charge on any atom is 0.187 e. The number of nitrogens with one attached hydrogen (secondary N) is 2. The van der Waals surface area contributed by atoms with Crippen LogP contribution in [0.15, 0.2) is 53.6 Å². The Hall–Kier alpha value is -2.60. The monoisotopic (exact) mass is 357 g/mol. The van der Waals surface area contributed by atoms with Gasteiger partial charge in [-0.25, -0.2) is 0 Å². The molecule has 2 aromatic rings. The molecule has 0 fully saturated rings. The molecule has 2 rings (SSSR count). The molecule has 0 amide bonds. The summed E-state index contributed by atoms with van der Waals surface area (Å²) < 4.78 is 11.1. The van der Waals surface area contributed by atoms with Gasteiger partial charge in [-0.3, -0.25) is 5.43 Å². The third-order valence-electron chi connectivity index (χ3n) is 3.26. The van der Waals surface area contributed by atoms with Crippen LogP contribution >= 0.6 is 12.2 Å². The third-order valence-corrected chi connectivity index (χ3v) is 3.50. The number of benzene rings is 2. The summed E-state index contributed by atoms with van der Waals surface area (Å²) in [5.41, 5.74) is 4.82. The lowest BCUT2D eigenvalue weighted by molar-refractivity contribution is 0.323. The molecule has 6 heteroatoms. The Balaban J connectivity index is 1.90. The van der Waals surface area contributed by atoms with E-state index in [9.17, 15) is 0 Å². The van der Waals surface area contributed by atoms with Gasteiger partial charge in [0.15, 0.2) is 5.11 Å². The molecule has 0 saturated carbocycles. The highest BCUT2D eigenvalue weighted by atomic mass is 32.1. The van der Waals surface area contributed by atoms with E-state index >= 15 is 0 Å². The summed E-state index contributed by atoms with van der Waals surface area (Å²) >= 11 is 5.22. The molecule has 0 radical (unpaired) electrons. The Labute approximate surface area is 154 Å². The summed E-state index contributed by atoms with van der Waals surface area (Å²) in [5, 5.41) is 7.74. The fourth-order valence-corrected chi connectivity index (χ4v) is 2.26. The standard InChI is InChI=1S/C19H23N3O2S/c1-3-23-17-11-10-16(18(12-17)24-4-2)14-21-22-19(25)20-13-15-8-6-5-7-9-15/h5-12,14H,3-4,13H2,1-2H3,(H2,20,22,25). The quantitative estimate of drug-likeness (QED) is 0.430. The minimum Gasteiger partial charge on any atom is -0.494 e. The number of nitrogens with zero attached hydrogens (tertiary/aromatic N) is 1. The van der Waals surface area contributed by atoms with Crippen LogP contribution in [0.4, 0.5) is 0 Å². The SMILES string of the molecule is CCOc1ccc(C=NNC(=S)NCc2ccccc2)c(OCC)c1. The van der Waals surface area contributed by atoms with Gasteiger partial charge in [-0.15, -0.1) is 0 Å². The number of hydrogen-bond donors (Lipinski definition) is 2. The molecule has 0 spiro atoms. The van der Waals surface area contributed by atoms with Crippen LogP contribution in [0, 0.1) is 0 Å². The molecule has 132 valence electrons. The summed E-state index contributed by atoms with van der Waals surface area (Å²) in [4.78, 5) is 0. The molecule has 25 heavy (non-hydrogen) atoms. The second-order valence-electron chi connectivity index (χ2n) is 5.10. The molecule has 2 N–H and O–H groups in total. The maximum atomic E-state index is 5.64. The van der Waals surface area contributed by atoms with Crippen LogP contribution in [0.1, 0.15) is 25.0 Å². The summed E-state index contributed by atoms with van der Waals surface area (Å²) in [6, 6.07) is 15.7. The third kappa shape index (κ3) is 6.43. The second-order valence-corrected chi connectivity index (χ2v) is 5.51. The van der Waals surface area contributed by atoms with Crippen molar-refractivity contribution in [3.8, 4) is 11.5 Å². The Morgan fingerprint density at radius 3 is 2.56 bits per heavy atom. The van der Waals surface area contributed by atoms with Crippen molar-refractivity contribution in [2.45, 2.75) is 20.4 Å². The molecular weight excluding hydrogens is 334 g/mol. The minimum atomic E-state index is 0.462. The molecule has 0 aliphatic rings. The molecular formula is C19H23N3O2S. The number of rotatable bonds is 8. The van der Waals surface area contributed by atoms with Gasteiger partial charge in [-0.05, 0) is 43.8 Å². The van der Waals surface area contributed by atoms with Crippen LogP contribution < -0.4 is 20.2 Å². The molecule has 2 aromatic carbocycles. The average molecular weight is 357 g/mol. The van der Waals surface area contributed by atoms with E-state index in [2.05, 4.69) is 15.8 Å². The van der Waals surface area contributed by atoms with E-state index in [1.165, 1.54) is 0 Å². The van der Waals surface area contributed by atoms with Gasteiger partial charge >= 0.3 is 0 Å². The normalized spacial score (nSPS) is 10.5. The first-order valence-corrected chi connectivity index (χ1v) is 8.64. The van der Waals surface area contributed by atoms with Gasteiger partial charge in [0.05, 0.1) is 19.4 Å². The number of hydrazone groups is 1. The highest BCUT2D eigenvalue weighted by Gasteiger charge is 2.04. The van der Waals surface area contributed by atoms with Crippen molar-refractivity contribution in [3.05, 3.63) is 59.7 Å². The predicted molar refractivity (Wildman–Crippen MR) is 105 cm³/mol. The van der Waals surface area contributed by atoms with Crippen molar-refractivity contribution in [2.24, 2.45) is 5.10 Å². The first-order valence-electron chi connectivity index (χ1n) is 8.23. The zero-order chi connectivity index (χ0) is 17.9. The summed E-state index contributed by atoms with van der Waals surface area (Å²) in [6.07, 6.45) is 1.68. The Bertz CT molecular complexity index is 705. The lowest BCUT2D eigenvalue weighted by atomic mass is 10.2. The molecule has 0 aliphatic carbocycles. The number of ether oxygens (including phenoxy) is 2. The van der Waals surface area contributed by atoms with Crippen LogP contribution in [0.2, 0.25) is 0 Å². The number of hydrogen-bond acceptors (Lipinski definition) is 4. The summed E-state index contributed by atoms with van der Waals surface area (Å²) in [6.45, 7) is 5.72. The van der Waals surface area contributed by atoms with E-state index in [1.807, 2.05) is 62.4 Å². The highest BCUT2D eigenvalue weighted by molar-refractivity contribution is 7.80. The lowest BCUT2D eigenvalue weighted by Gasteiger charge is -2.10. The van der Waals surface area contributed by atoms with E-state index < -0.39 is 0 Å². The smallest absolute Gasteiger partial charge is 0.187 e. The topological polar surface area (TPSA) is 54.9 Å². The van der Waals surface area contributed by atoms with Gasteiger partial charge in [0.25, 0.3) is 0 Å². The van der Waals surface area contributed by atoms with Gasteiger partial charge in [0.2, 0.25) is 0 Å². The van der Waals surface area contributed by atoms with Crippen LogP contribution in [0.25, 0.3) is 0 Å². The Kier molecular flexibility index (Phi) is 7.72. The van der Waals surface area contributed by atoms with E-state index in [0.29, 0.717) is 24.9 Å². The van der Waals surface area contributed by atoms with Gasteiger partial charge in [0.1, 0.15) is 11.5 Å². The molecule has 0 unspecified atom stereocenters. The maximum absolute atomic E-state index is 5.64. The Morgan fingerprint density at radius 2 is 1.84 bits per heavy atom. The molecule has 0 saturated heterocycles. The van der Waals surface area contributed by atoms with Crippen LogP contribution in [-0.2, 0) is 6.54 Å². The zero-order valence-electron chi connectivity index (χ0n) is 14.5. The van der Waals surface area contributed by atoms with E-state index in [1.54, 1.807) is 6.21 Å². The second kappa shape index (κ2) is 10.3. The highest BCUT2D eigenvalue weighted by Crippen LogP contribution is 2.23. The molecule has 0 atom stereocenters. The predicted octanol–water partition coefficient (Wildman–Crippen LogP) is 3.48. The minimum absolute atomic E-state index is 0.462. The molecule has 5 nitrogen and oxygen atoms in total. The van der Waals surface area contributed by atoms with Crippen molar-refractivity contribution in [3.63, 3.8) is 0 Å². The van der Waals surface area contributed by atoms with Gasteiger partial charge in [0, 0.05) is 18.2 Å². The zero-order valence-corrected chi connectivity index (χ0v) is 15.3. The first kappa shape index (κ1) is 18.7. The van der Waals surface area contributed by atoms with Gasteiger partial charge in [-0.1, -0.05) is 30.3 Å². The van der Waals surface area contributed by atoms with Crippen LogP contribution in [0.3, 0.4) is 0 Å². The largest absolute Gasteiger partial charge is 0.494 e. The van der Waals surface area contributed by atoms with Crippen molar-refractivity contribution in [2.75, 3.05) is 13.2 Å². The summed E-state index contributed by atoms with van der Waals surface area (Å²) in [7, 11) is 0. The number of thiocarbonyl (C=S) groups is 1. The van der Waals surface area contributed by atoms with E-state index in [0.717, 1.165) is 22.6 Å². The Morgan fingerprint density at radius 1 is 1.08 bits per heavy atom. The van der Waals surface area contributed by atoms with E-state index in [4.69, 9.17) is 21.7 Å². The van der Waals surface area contributed by atoms with Crippen LogP contribution in [-0.4, -0.2) is 24.5 Å².